The van der Waals surface area contributed by atoms with Crippen molar-refractivity contribution in [3.63, 3.8) is 0 Å². The molecule has 0 saturated heterocycles. The van der Waals surface area contributed by atoms with Crippen LogP contribution >= 0.6 is 11.6 Å². The second kappa shape index (κ2) is 13.0. The number of nitrogens with one attached hydrogen (secondary N) is 1. The van der Waals surface area contributed by atoms with Gasteiger partial charge in [-0.05, 0) is 61.2 Å². The van der Waals surface area contributed by atoms with Crippen molar-refractivity contribution in [3.8, 4) is 11.5 Å². The van der Waals surface area contributed by atoms with Gasteiger partial charge in [-0.1, -0.05) is 43.6 Å². The van der Waals surface area contributed by atoms with Gasteiger partial charge >= 0.3 is 0 Å². The molecule has 0 aliphatic rings. The summed E-state index contributed by atoms with van der Waals surface area (Å²) in [6, 6.07) is 14.8. The Hall–Kier alpha value is -3.83. The molecule has 3 aromatic carbocycles. The van der Waals surface area contributed by atoms with E-state index in [4.69, 9.17) is 21.1 Å². The summed E-state index contributed by atoms with van der Waals surface area (Å²) < 4.78 is 39.4. The molecule has 0 aliphatic heterocycles. The smallest absolute Gasteiger partial charge is 0.273 e. The molecule has 0 saturated carbocycles. The SMILES string of the molecule is COc1ccc([C@H](CC(C)C)NC(=O)CN(c2cc(Cl)ccc2OC)S(=O)(=O)c2ccc(C)c([N+](=O)[O-])c2)cc1. The number of aryl methyl sites for hydroxylation is 1. The van der Waals surface area contributed by atoms with Crippen LogP contribution in [0, 0.1) is 23.0 Å². The van der Waals surface area contributed by atoms with Crippen LogP contribution in [0.2, 0.25) is 5.02 Å². The largest absolute Gasteiger partial charge is 0.497 e. The fraction of sp³-hybridized carbons (Fsp3) is 0.321. The van der Waals surface area contributed by atoms with Crippen LogP contribution in [0.4, 0.5) is 11.4 Å². The van der Waals surface area contributed by atoms with E-state index in [0.29, 0.717) is 17.7 Å². The zero-order chi connectivity index (χ0) is 29.6. The molecule has 3 aromatic rings. The third-order valence-electron chi connectivity index (χ3n) is 6.22. The summed E-state index contributed by atoms with van der Waals surface area (Å²) in [6.07, 6.45) is 0.593. The normalized spacial score (nSPS) is 12.1. The van der Waals surface area contributed by atoms with E-state index in [1.165, 1.54) is 44.4 Å². The molecule has 0 radical (unpaired) electrons. The standard InChI is InChI=1S/C28H32ClN3O7S/c1-18(2)14-24(20-7-10-22(38-4)11-8-20)30-28(33)17-31(26-15-21(29)9-13-27(26)39-5)40(36,37)23-12-6-19(3)25(16-23)32(34)35/h6-13,15-16,18,24H,14,17H2,1-5H3,(H,30,33)/t24-/m0/s1. The van der Waals surface area contributed by atoms with Crippen LogP contribution in [-0.2, 0) is 14.8 Å². The monoisotopic (exact) mass is 589 g/mol. The number of nitro groups is 1. The van der Waals surface area contributed by atoms with Crippen LogP contribution in [0.1, 0.15) is 37.4 Å². The summed E-state index contributed by atoms with van der Waals surface area (Å²) in [5, 5.41) is 14.7. The van der Waals surface area contributed by atoms with Crippen LogP contribution in [0.5, 0.6) is 11.5 Å². The number of halogens is 1. The molecule has 0 fully saturated rings. The van der Waals surface area contributed by atoms with Crippen molar-refractivity contribution < 1.29 is 27.6 Å². The van der Waals surface area contributed by atoms with Gasteiger partial charge in [0.05, 0.1) is 35.8 Å². The van der Waals surface area contributed by atoms with Crippen LogP contribution in [0.3, 0.4) is 0 Å². The molecule has 0 bridgehead atoms. The number of benzene rings is 3. The summed E-state index contributed by atoms with van der Waals surface area (Å²) in [6.45, 7) is 4.90. The highest BCUT2D eigenvalue weighted by Crippen LogP contribution is 2.36. The first-order valence-corrected chi connectivity index (χ1v) is 14.2. The maximum Gasteiger partial charge on any atom is 0.273 e. The second-order valence-corrected chi connectivity index (χ2v) is 11.9. The number of methoxy groups -OCH3 is 2. The Morgan fingerprint density at radius 3 is 2.30 bits per heavy atom. The Balaban J connectivity index is 2.06. The zero-order valence-electron chi connectivity index (χ0n) is 22.9. The van der Waals surface area contributed by atoms with Gasteiger partial charge in [0.25, 0.3) is 15.7 Å². The average Bonchev–Trinajstić information content (AvgIpc) is 2.91. The van der Waals surface area contributed by atoms with Crippen molar-refractivity contribution in [1.29, 1.82) is 0 Å². The van der Waals surface area contributed by atoms with Crippen LogP contribution in [-0.4, -0.2) is 40.0 Å². The highest BCUT2D eigenvalue weighted by molar-refractivity contribution is 7.92. The van der Waals surface area contributed by atoms with Crippen molar-refractivity contribution in [2.45, 2.75) is 38.1 Å². The van der Waals surface area contributed by atoms with E-state index in [2.05, 4.69) is 5.32 Å². The molecule has 12 heteroatoms. The molecule has 214 valence electrons. The van der Waals surface area contributed by atoms with Gasteiger partial charge in [-0.15, -0.1) is 0 Å². The van der Waals surface area contributed by atoms with E-state index in [1.54, 1.807) is 19.2 Å². The summed E-state index contributed by atoms with van der Waals surface area (Å²) in [5.74, 6) is 0.439. The molecule has 0 heterocycles. The lowest BCUT2D eigenvalue weighted by Crippen LogP contribution is -2.42. The van der Waals surface area contributed by atoms with Gasteiger partial charge in [0.2, 0.25) is 5.91 Å². The Morgan fingerprint density at radius 2 is 1.73 bits per heavy atom. The first-order chi connectivity index (χ1) is 18.9. The van der Waals surface area contributed by atoms with Gasteiger partial charge in [0.1, 0.15) is 18.0 Å². The minimum absolute atomic E-state index is 0.0123. The number of hydrogen-bond acceptors (Lipinski definition) is 7. The Labute approximate surface area is 239 Å². The Kier molecular flexibility index (Phi) is 9.99. The van der Waals surface area contributed by atoms with Crippen LogP contribution in [0.15, 0.2) is 65.6 Å². The van der Waals surface area contributed by atoms with E-state index in [9.17, 15) is 23.3 Å². The molecule has 0 spiro atoms. The fourth-order valence-corrected chi connectivity index (χ4v) is 5.80. The van der Waals surface area contributed by atoms with E-state index < -0.39 is 33.4 Å². The van der Waals surface area contributed by atoms with E-state index in [1.807, 2.05) is 26.0 Å². The molecule has 10 nitrogen and oxygen atoms in total. The number of ether oxygens (including phenoxy) is 2. The maximum atomic E-state index is 13.9. The van der Waals surface area contributed by atoms with Crippen molar-refractivity contribution >= 4 is 38.9 Å². The number of nitro benzene ring substituents is 1. The minimum atomic E-state index is -4.49. The maximum absolute atomic E-state index is 13.9. The second-order valence-electron chi connectivity index (χ2n) is 9.56. The Morgan fingerprint density at radius 1 is 1.05 bits per heavy atom. The van der Waals surface area contributed by atoms with Crippen molar-refractivity contribution in [2.24, 2.45) is 5.92 Å². The molecule has 0 unspecified atom stereocenters. The molecule has 1 amide bonds. The minimum Gasteiger partial charge on any atom is -0.497 e. The lowest BCUT2D eigenvalue weighted by atomic mass is 9.97. The first-order valence-electron chi connectivity index (χ1n) is 12.4. The molecule has 3 rings (SSSR count). The summed E-state index contributed by atoms with van der Waals surface area (Å²) in [5.41, 5.74) is 0.773. The Bertz CT molecular complexity index is 1480. The number of sulfonamides is 1. The van der Waals surface area contributed by atoms with Gasteiger partial charge in [-0.25, -0.2) is 8.42 Å². The molecule has 1 N–H and O–H groups in total. The van der Waals surface area contributed by atoms with Gasteiger partial charge in [0.15, 0.2) is 0 Å². The van der Waals surface area contributed by atoms with E-state index in [-0.39, 0.29) is 33.0 Å². The molecule has 1 atom stereocenters. The highest BCUT2D eigenvalue weighted by Gasteiger charge is 2.32. The zero-order valence-corrected chi connectivity index (χ0v) is 24.5. The van der Waals surface area contributed by atoms with Crippen molar-refractivity contribution in [1.82, 2.24) is 5.32 Å². The number of rotatable bonds is 12. The molecule has 0 aromatic heterocycles. The average molecular weight is 590 g/mol. The third kappa shape index (κ3) is 7.22. The first kappa shape index (κ1) is 30.7. The lowest BCUT2D eigenvalue weighted by Gasteiger charge is -2.27. The fourth-order valence-electron chi connectivity index (χ4n) is 4.19. The number of hydrogen-bond donors (Lipinski definition) is 1. The predicted molar refractivity (Wildman–Crippen MR) is 154 cm³/mol. The van der Waals surface area contributed by atoms with E-state index >= 15 is 0 Å². The van der Waals surface area contributed by atoms with Crippen molar-refractivity contribution in [3.05, 3.63) is 86.9 Å². The number of carbonyl (C=O) groups is 1. The highest BCUT2D eigenvalue weighted by atomic mass is 35.5. The van der Waals surface area contributed by atoms with Crippen LogP contribution < -0.4 is 19.1 Å². The van der Waals surface area contributed by atoms with Gasteiger partial charge in [-0.2, -0.15) is 0 Å². The molecule has 0 aliphatic carbocycles. The van der Waals surface area contributed by atoms with Gasteiger partial charge in [-0.3, -0.25) is 19.2 Å². The van der Waals surface area contributed by atoms with Crippen molar-refractivity contribution in [2.75, 3.05) is 25.1 Å². The predicted octanol–water partition coefficient (Wildman–Crippen LogP) is 5.67. The summed E-state index contributed by atoms with van der Waals surface area (Å²) >= 11 is 6.21. The number of amides is 1. The quantitative estimate of drug-likeness (QED) is 0.213. The van der Waals surface area contributed by atoms with E-state index in [0.717, 1.165) is 15.9 Å². The lowest BCUT2D eigenvalue weighted by molar-refractivity contribution is -0.385. The molecule has 40 heavy (non-hydrogen) atoms. The molecular weight excluding hydrogens is 558 g/mol. The topological polar surface area (TPSA) is 128 Å². The summed E-state index contributed by atoms with van der Waals surface area (Å²) in [4.78, 5) is 24.0. The summed E-state index contributed by atoms with van der Waals surface area (Å²) in [7, 11) is -1.57. The number of carbonyl (C=O) groups excluding carboxylic acids is 1. The van der Waals surface area contributed by atoms with Crippen LogP contribution in [0.25, 0.3) is 0 Å². The number of nitrogens with zero attached hydrogens (tertiary/aromatic N) is 2. The third-order valence-corrected chi connectivity index (χ3v) is 8.21. The van der Waals surface area contributed by atoms with Gasteiger partial charge in [0, 0.05) is 16.7 Å². The van der Waals surface area contributed by atoms with Gasteiger partial charge < -0.3 is 14.8 Å². The number of anilines is 1. The molecular formula is C28H32ClN3O7S.